The SMILES string of the molecule is CS(=O)(=O)[O-].NC(N)=[NH+]c1ccc(C(=O)Oc2ccc(C(=O)NCC(=O)N3CCOCC3)cc2)cc1. The Hall–Kier alpha value is -4.01. The average Bonchev–Trinajstić information content (AvgIpc) is 2.82. The number of morpholine rings is 1. The van der Waals surface area contributed by atoms with Crippen molar-refractivity contribution in [3.63, 3.8) is 0 Å². The van der Waals surface area contributed by atoms with Gasteiger partial charge in [-0.15, -0.1) is 0 Å². The van der Waals surface area contributed by atoms with Crippen molar-refractivity contribution in [2.75, 3.05) is 39.1 Å². The molecule has 0 aromatic heterocycles. The van der Waals surface area contributed by atoms with Crippen molar-refractivity contribution in [3.05, 3.63) is 59.7 Å². The molecule has 14 heteroatoms. The summed E-state index contributed by atoms with van der Waals surface area (Å²) in [4.78, 5) is 41.0. The number of rotatable bonds is 6. The van der Waals surface area contributed by atoms with Gasteiger partial charge in [0.15, 0.2) is 0 Å². The molecule has 1 heterocycles. The van der Waals surface area contributed by atoms with Crippen molar-refractivity contribution in [2.45, 2.75) is 0 Å². The third kappa shape index (κ3) is 10.5. The van der Waals surface area contributed by atoms with Crippen molar-refractivity contribution in [1.82, 2.24) is 10.2 Å². The number of hydrogen-bond acceptors (Lipinski definition) is 8. The smallest absolute Gasteiger partial charge is 0.343 e. The minimum Gasteiger partial charge on any atom is -0.748 e. The minimum atomic E-state index is -3.92. The van der Waals surface area contributed by atoms with Crippen LogP contribution in [0.5, 0.6) is 5.75 Å². The maximum absolute atomic E-state index is 12.3. The average molecular weight is 522 g/mol. The zero-order valence-electron chi connectivity index (χ0n) is 19.4. The van der Waals surface area contributed by atoms with Crippen molar-refractivity contribution >= 4 is 39.5 Å². The molecule has 0 spiro atoms. The Morgan fingerprint density at radius 1 is 1.03 bits per heavy atom. The van der Waals surface area contributed by atoms with Crippen LogP contribution in [0.4, 0.5) is 5.69 Å². The zero-order valence-corrected chi connectivity index (χ0v) is 20.2. The Morgan fingerprint density at radius 2 is 1.56 bits per heavy atom. The highest BCUT2D eigenvalue weighted by atomic mass is 32.2. The van der Waals surface area contributed by atoms with Crippen LogP contribution in [0.3, 0.4) is 0 Å². The predicted molar refractivity (Wildman–Crippen MR) is 127 cm³/mol. The molecule has 1 aliphatic rings. The second-order valence-electron chi connectivity index (χ2n) is 7.45. The monoisotopic (exact) mass is 521 g/mol. The minimum absolute atomic E-state index is 0.0462. The van der Waals surface area contributed by atoms with Crippen molar-refractivity contribution < 1.29 is 41.8 Å². The third-order valence-electron chi connectivity index (χ3n) is 4.50. The number of benzene rings is 2. The topological polar surface area (TPSA) is 208 Å². The van der Waals surface area contributed by atoms with Gasteiger partial charge in [0.25, 0.3) is 5.91 Å². The second-order valence-corrected chi connectivity index (χ2v) is 8.86. The Labute approximate surface area is 207 Å². The largest absolute Gasteiger partial charge is 0.748 e. The van der Waals surface area contributed by atoms with E-state index in [1.54, 1.807) is 29.2 Å². The van der Waals surface area contributed by atoms with E-state index in [0.29, 0.717) is 49.4 Å². The number of hydrogen-bond donors (Lipinski definition) is 4. The number of nitrogens with two attached hydrogens (primary N) is 2. The lowest BCUT2D eigenvalue weighted by molar-refractivity contribution is -0.356. The van der Waals surface area contributed by atoms with Gasteiger partial charge in [-0.1, -0.05) is 0 Å². The van der Waals surface area contributed by atoms with E-state index in [-0.39, 0.29) is 24.2 Å². The van der Waals surface area contributed by atoms with Gasteiger partial charge < -0.3 is 24.2 Å². The van der Waals surface area contributed by atoms with Gasteiger partial charge in [0.05, 0.1) is 41.1 Å². The molecule has 194 valence electrons. The number of nitrogens with zero attached hydrogens (tertiary/aromatic N) is 1. The second kappa shape index (κ2) is 13.2. The van der Waals surface area contributed by atoms with E-state index in [1.807, 2.05) is 0 Å². The van der Waals surface area contributed by atoms with Crippen molar-refractivity contribution in [1.29, 1.82) is 0 Å². The Morgan fingerprint density at radius 3 is 2.08 bits per heavy atom. The van der Waals surface area contributed by atoms with Gasteiger partial charge in [0, 0.05) is 24.9 Å². The molecule has 6 N–H and O–H groups in total. The first-order chi connectivity index (χ1) is 16.9. The molecule has 2 aromatic carbocycles. The highest BCUT2D eigenvalue weighted by Gasteiger charge is 2.17. The molecule has 13 nitrogen and oxygen atoms in total. The van der Waals surface area contributed by atoms with Crippen LogP contribution >= 0.6 is 0 Å². The van der Waals surface area contributed by atoms with Crippen LogP contribution in [-0.4, -0.2) is 80.7 Å². The fourth-order valence-corrected chi connectivity index (χ4v) is 2.88. The number of amides is 2. The van der Waals surface area contributed by atoms with E-state index in [2.05, 4.69) is 10.3 Å². The van der Waals surface area contributed by atoms with E-state index >= 15 is 0 Å². The molecule has 0 aliphatic carbocycles. The number of esters is 1. The molecular formula is C22H27N5O8S. The highest BCUT2D eigenvalue weighted by molar-refractivity contribution is 7.84. The Kier molecular flexibility index (Phi) is 10.3. The van der Waals surface area contributed by atoms with E-state index in [1.165, 1.54) is 24.3 Å². The van der Waals surface area contributed by atoms with Crippen LogP contribution in [0.2, 0.25) is 0 Å². The number of ether oxygens (including phenoxy) is 2. The van der Waals surface area contributed by atoms with E-state index in [4.69, 9.17) is 33.9 Å². The van der Waals surface area contributed by atoms with Gasteiger partial charge in [0.1, 0.15) is 5.75 Å². The summed E-state index contributed by atoms with van der Waals surface area (Å²) in [6, 6.07) is 12.5. The predicted octanol–water partition coefficient (Wildman–Crippen LogP) is -2.36. The molecule has 0 unspecified atom stereocenters. The fraction of sp³-hybridized carbons (Fsp3) is 0.273. The first-order valence-electron chi connectivity index (χ1n) is 10.5. The lowest BCUT2D eigenvalue weighted by Crippen LogP contribution is -2.72. The molecule has 36 heavy (non-hydrogen) atoms. The quantitative estimate of drug-likeness (QED) is 0.104. The molecule has 2 amide bonds. The molecule has 0 saturated carbocycles. The maximum atomic E-state index is 12.3. The summed E-state index contributed by atoms with van der Waals surface area (Å²) in [6.45, 7) is 1.96. The van der Waals surface area contributed by atoms with Crippen LogP contribution in [0.15, 0.2) is 48.5 Å². The number of nitrogens with one attached hydrogen (secondary N) is 2. The van der Waals surface area contributed by atoms with E-state index < -0.39 is 22.0 Å². The molecule has 0 radical (unpaired) electrons. The first kappa shape index (κ1) is 28.2. The van der Waals surface area contributed by atoms with Gasteiger partial charge in [-0.2, -0.15) is 0 Å². The molecule has 1 saturated heterocycles. The summed E-state index contributed by atoms with van der Waals surface area (Å²) in [5.41, 5.74) is 12.1. The summed E-state index contributed by atoms with van der Waals surface area (Å²) in [6.07, 6.45) is 0.604. The summed E-state index contributed by atoms with van der Waals surface area (Å²) < 4.78 is 37.7. The van der Waals surface area contributed by atoms with Crippen molar-refractivity contribution in [2.24, 2.45) is 11.5 Å². The van der Waals surface area contributed by atoms with Crippen molar-refractivity contribution in [3.8, 4) is 5.75 Å². The van der Waals surface area contributed by atoms with Crippen LogP contribution in [0.25, 0.3) is 0 Å². The van der Waals surface area contributed by atoms with Crippen LogP contribution in [0.1, 0.15) is 20.7 Å². The summed E-state index contributed by atoms with van der Waals surface area (Å²) in [5.74, 6) is -0.767. The molecule has 2 aromatic rings. The Balaban J connectivity index is 0.000000830. The number of carbonyl (C=O) groups excluding carboxylic acids is 3. The van der Waals surface area contributed by atoms with E-state index in [9.17, 15) is 14.4 Å². The molecule has 0 atom stereocenters. The van der Waals surface area contributed by atoms with Gasteiger partial charge >= 0.3 is 11.9 Å². The summed E-state index contributed by atoms with van der Waals surface area (Å²) in [7, 11) is -3.92. The zero-order chi connectivity index (χ0) is 26.7. The fourth-order valence-electron chi connectivity index (χ4n) is 2.88. The molecule has 1 aliphatic heterocycles. The van der Waals surface area contributed by atoms with Gasteiger partial charge in [0.2, 0.25) is 5.91 Å². The van der Waals surface area contributed by atoms with Gasteiger partial charge in [-0.25, -0.2) is 18.2 Å². The van der Waals surface area contributed by atoms with Crippen LogP contribution in [-0.2, 0) is 19.6 Å². The first-order valence-corrected chi connectivity index (χ1v) is 12.4. The highest BCUT2D eigenvalue weighted by Crippen LogP contribution is 2.15. The van der Waals surface area contributed by atoms with Crippen LogP contribution in [0, 0.1) is 0 Å². The standard InChI is InChI=1S/C21H23N5O5.CH4O3S/c22-21(23)25-16-5-1-15(2-6-16)20(29)31-17-7-3-14(4-8-17)19(28)24-13-18(27)26-9-11-30-12-10-26;1-5(2,3)4/h1-8H,9-13H2,(H,24,28)(H4,22,23,25);1H3,(H,2,3,4). The van der Waals surface area contributed by atoms with Gasteiger partial charge in [-0.05, 0) is 48.5 Å². The van der Waals surface area contributed by atoms with Crippen LogP contribution < -0.4 is 26.5 Å². The lowest BCUT2D eigenvalue weighted by atomic mass is 10.2. The van der Waals surface area contributed by atoms with Gasteiger partial charge in [-0.3, -0.25) is 21.1 Å². The maximum Gasteiger partial charge on any atom is 0.343 e. The van der Waals surface area contributed by atoms with E-state index in [0.717, 1.165) is 0 Å². The molecular weight excluding hydrogens is 494 g/mol. The summed E-state index contributed by atoms with van der Waals surface area (Å²) >= 11 is 0. The molecule has 0 bridgehead atoms. The molecule has 1 fully saturated rings. The lowest BCUT2D eigenvalue weighted by Gasteiger charge is -2.26. The Bertz CT molecular complexity index is 1180. The third-order valence-corrected chi connectivity index (χ3v) is 4.50. The normalized spacial score (nSPS) is 13.0. The number of guanidine groups is 1. The summed E-state index contributed by atoms with van der Waals surface area (Å²) in [5, 5.41) is 2.60. The molecule has 3 rings (SSSR count). The number of carbonyl (C=O) groups is 3.